The van der Waals surface area contributed by atoms with Crippen molar-refractivity contribution in [3.05, 3.63) is 84.8 Å². The molecule has 0 unspecified atom stereocenters. The maximum absolute atomic E-state index is 12.6. The summed E-state index contributed by atoms with van der Waals surface area (Å²) in [5, 5.41) is 22.6. The standard InChI is InChI=1S/C17H10N4O6S2/c22-15(12-3-1-2-4-13(12)21(26)27)18-19-16(23)14(29-17(19)28)9-10-5-7-11(8-6-10)20(24)25/h1-9H,(H,18,22)/b14-9-. The Morgan fingerprint density at radius 1 is 1.07 bits per heavy atom. The van der Waals surface area contributed by atoms with Crippen LogP contribution in [0.2, 0.25) is 0 Å². The van der Waals surface area contributed by atoms with Gasteiger partial charge in [-0.2, -0.15) is 5.01 Å². The van der Waals surface area contributed by atoms with E-state index in [0.29, 0.717) is 5.56 Å². The lowest BCUT2D eigenvalue weighted by atomic mass is 10.2. The van der Waals surface area contributed by atoms with Crippen LogP contribution in [0.4, 0.5) is 11.4 Å². The fourth-order valence-electron chi connectivity index (χ4n) is 2.39. The van der Waals surface area contributed by atoms with Crippen molar-refractivity contribution in [2.45, 2.75) is 0 Å². The highest BCUT2D eigenvalue weighted by atomic mass is 32.2. The highest BCUT2D eigenvalue weighted by Crippen LogP contribution is 2.32. The number of hydrogen-bond acceptors (Lipinski definition) is 8. The lowest BCUT2D eigenvalue weighted by Crippen LogP contribution is -2.45. The lowest BCUT2D eigenvalue weighted by molar-refractivity contribution is -0.385. The fraction of sp³-hybridized carbons (Fsp3) is 0. The van der Waals surface area contributed by atoms with Crippen LogP contribution in [-0.2, 0) is 4.79 Å². The third-order valence-electron chi connectivity index (χ3n) is 3.75. The highest BCUT2D eigenvalue weighted by molar-refractivity contribution is 8.26. The van der Waals surface area contributed by atoms with Crippen LogP contribution in [-0.4, -0.2) is 31.0 Å². The zero-order valence-corrected chi connectivity index (χ0v) is 15.9. The summed E-state index contributed by atoms with van der Waals surface area (Å²) < 4.78 is 0.0371. The van der Waals surface area contributed by atoms with Gasteiger partial charge in [-0.3, -0.25) is 35.2 Å². The van der Waals surface area contributed by atoms with E-state index >= 15 is 0 Å². The second-order valence-electron chi connectivity index (χ2n) is 5.58. The minimum absolute atomic E-state index is 0.0371. The average molecular weight is 430 g/mol. The number of para-hydroxylation sites is 1. The number of nitro benzene ring substituents is 2. The van der Waals surface area contributed by atoms with Crippen LogP contribution in [0.1, 0.15) is 15.9 Å². The molecule has 1 aliphatic rings. The number of nitro groups is 2. The zero-order valence-electron chi connectivity index (χ0n) is 14.3. The molecule has 29 heavy (non-hydrogen) atoms. The molecule has 0 atom stereocenters. The summed E-state index contributed by atoms with van der Waals surface area (Å²) in [5.74, 6) is -1.48. The van der Waals surface area contributed by atoms with E-state index in [1.165, 1.54) is 54.6 Å². The SMILES string of the molecule is O=C(NN1C(=O)/C(=C/c2ccc([N+](=O)[O-])cc2)SC1=S)c1ccccc1[N+](=O)[O-]. The van der Waals surface area contributed by atoms with Gasteiger partial charge in [-0.25, -0.2) is 0 Å². The molecule has 0 saturated carbocycles. The Morgan fingerprint density at radius 2 is 1.72 bits per heavy atom. The van der Waals surface area contributed by atoms with Crippen LogP contribution in [0, 0.1) is 20.2 Å². The van der Waals surface area contributed by atoms with Crippen molar-refractivity contribution in [2.24, 2.45) is 0 Å². The number of thioether (sulfide) groups is 1. The number of non-ortho nitro benzene ring substituents is 1. The number of nitrogens with zero attached hydrogens (tertiary/aromatic N) is 3. The summed E-state index contributed by atoms with van der Waals surface area (Å²) in [6.07, 6.45) is 1.47. The summed E-state index contributed by atoms with van der Waals surface area (Å²) in [7, 11) is 0. The lowest BCUT2D eigenvalue weighted by Gasteiger charge is -2.15. The number of hydrogen-bond donors (Lipinski definition) is 1. The van der Waals surface area contributed by atoms with E-state index in [0.717, 1.165) is 16.8 Å². The van der Waals surface area contributed by atoms with Gasteiger partial charge in [0, 0.05) is 18.2 Å². The van der Waals surface area contributed by atoms with Crippen molar-refractivity contribution < 1.29 is 19.4 Å². The van der Waals surface area contributed by atoms with E-state index in [1.54, 1.807) is 0 Å². The van der Waals surface area contributed by atoms with Crippen LogP contribution in [0.25, 0.3) is 6.08 Å². The van der Waals surface area contributed by atoms with Crippen molar-refractivity contribution in [1.82, 2.24) is 10.4 Å². The second-order valence-corrected chi connectivity index (χ2v) is 7.26. The van der Waals surface area contributed by atoms with E-state index < -0.39 is 27.3 Å². The van der Waals surface area contributed by atoms with Crippen molar-refractivity contribution in [2.75, 3.05) is 0 Å². The van der Waals surface area contributed by atoms with Crippen molar-refractivity contribution in [1.29, 1.82) is 0 Å². The van der Waals surface area contributed by atoms with E-state index in [-0.39, 0.29) is 20.5 Å². The summed E-state index contributed by atoms with van der Waals surface area (Å²) in [6, 6.07) is 10.8. The maximum atomic E-state index is 12.6. The van der Waals surface area contributed by atoms with Gasteiger partial charge in [-0.05, 0) is 42.1 Å². The number of amides is 2. The van der Waals surface area contributed by atoms with Crippen LogP contribution in [0.15, 0.2) is 53.4 Å². The molecular formula is C17H10N4O6S2. The maximum Gasteiger partial charge on any atom is 0.285 e. The minimum atomic E-state index is -0.856. The van der Waals surface area contributed by atoms with Gasteiger partial charge in [0.2, 0.25) is 0 Å². The Labute approximate surface area is 172 Å². The molecule has 1 saturated heterocycles. The van der Waals surface area contributed by atoms with Crippen LogP contribution in [0.5, 0.6) is 0 Å². The van der Waals surface area contributed by atoms with Gasteiger partial charge in [0.15, 0.2) is 4.32 Å². The van der Waals surface area contributed by atoms with E-state index in [9.17, 15) is 29.8 Å². The van der Waals surface area contributed by atoms with E-state index in [2.05, 4.69) is 5.43 Å². The minimum Gasteiger partial charge on any atom is -0.267 e. The largest absolute Gasteiger partial charge is 0.285 e. The van der Waals surface area contributed by atoms with Crippen molar-refractivity contribution >= 4 is 57.6 Å². The van der Waals surface area contributed by atoms with Gasteiger partial charge >= 0.3 is 0 Å². The van der Waals surface area contributed by atoms with Gasteiger partial charge in [0.25, 0.3) is 23.2 Å². The normalized spacial score (nSPS) is 14.9. The number of hydrazine groups is 1. The molecule has 2 aromatic rings. The Bertz CT molecular complexity index is 1080. The summed E-state index contributed by atoms with van der Waals surface area (Å²) in [5.41, 5.74) is 2.09. The molecule has 1 N–H and O–H groups in total. The third kappa shape index (κ3) is 4.28. The first-order valence-electron chi connectivity index (χ1n) is 7.85. The molecule has 12 heteroatoms. The summed E-state index contributed by atoms with van der Waals surface area (Å²) in [4.78, 5) is 45.7. The predicted octanol–water partition coefficient (Wildman–Crippen LogP) is 3.05. The van der Waals surface area contributed by atoms with E-state index in [4.69, 9.17) is 12.2 Å². The molecule has 2 aromatic carbocycles. The monoisotopic (exact) mass is 430 g/mol. The van der Waals surface area contributed by atoms with Crippen molar-refractivity contribution in [3.8, 4) is 0 Å². The Balaban J connectivity index is 1.80. The van der Waals surface area contributed by atoms with Gasteiger partial charge in [0.05, 0.1) is 14.8 Å². The number of carbonyl (C=O) groups is 2. The topological polar surface area (TPSA) is 136 Å². The van der Waals surface area contributed by atoms with Crippen LogP contribution in [0.3, 0.4) is 0 Å². The van der Waals surface area contributed by atoms with Gasteiger partial charge < -0.3 is 0 Å². The molecule has 146 valence electrons. The van der Waals surface area contributed by atoms with Crippen molar-refractivity contribution in [3.63, 3.8) is 0 Å². The molecule has 1 fully saturated rings. The number of rotatable bonds is 5. The quantitative estimate of drug-likeness (QED) is 0.331. The second kappa shape index (κ2) is 8.16. The Morgan fingerprint density at radius 3 is 2.34 bits per heavy atom. The molecule has 1 heterocycles. The van der Waals surface area contributed by atoms with Crippen LogP contribution >= 0.6 is 24.0 Å². The van der Waals surface area contributed by atoms with Crippen LogP contribution < -0.4 is 5.43 Å². The Kier molecular flexibility index (Phi) is 5.66. The number of nitrogens with one attached hydrogen (secondary N) is 1. The first-order chi connectivity index (χ1) is 13.8. The first kappa shape index (κ1) is 20.1. The fourth-order valence-corrected chi connectivity index (χ4v) is 3.57. The van der Waals surface area contributed by atoms with Gasteiger partial charge in [-0.1, -0.05) is 23.9 Å². The molecule has 10 nitrogen and oxygen atoms in total. The summed E-state index contributed by atoms with van der Waals surface area (Å²) >= 11 is 6.03. The molecule has 1 aliphatic heterocycles. The molecule has 2 amide bonds. The first-order valence-corrected chi connectivity index (χ1v) is 9.07. The van der Waals surface area contributed by atoms with Gasteiger partial charge in [-0.15, -0.1) is 0 Å². The summed E-state index contributed by atoms with van der Waals surface area (Å²) in [6.45, 7) is 0. The number of benzene rings is 2. The number of thiocarbonyl (C=S) groups is 1. The van der Waals surface area contributed by atoms with E-state index in [1.807, 2.05) is 0 Å². The molecule has 0 aromatic heterocycles. The molecule has 3 rings (SSSR count). The number of carbonyl (C=O) groups excluding carboxylic acids is 2. The Hall–Kier alpha value is -3.64. The molecular weight excluding hydrogens is 420 g/mol. The third-order valence-corrected chi connectivity index (χ3v) is 5.06. The molecule has 0 aliphatic carbocycles. The highest BCUT2D eigenvalue weighted by Gasteiger charge is 2.34. The molecule has 0 spiro atoms. The predicted molar refractivity (Wildman–Crippen MR) is 109 cm³/mol. The smallest absolute Gasteiger partial charge is 0.267 e. The molecule has 0 radical (unpaired) electrons. The molecule has 0 bridgehead atoms. The van der Waals surface area contributed by atoms with Gasteiger partial charge in [0.1, 0.15) is 5.56 Å². The zero-order chi connectivity index (χ0) is 21.1. The average Bonchev–Trinajstić information content (AvgIpc) is 2.95.